The quantitative estimate of drug-likeness (QED) is 0.735. The van der Waals surface area contributed by atoms with E-state index >= 15 is 0 Å². The number of nitrogens with zero attached hydrogens (tertiary/aromatic N) is 2. The minimum absolute atomic E-state index is 0.283. The van der Waals surface area contributed by atoms with E-state index in [4.69, 9.17) is 9.47 Å². The van der Waals surface area contributed by atoms with Gasteiger partial charge >= 0.3 is 0 Å². The zero-order valence-electron chi connectivity index (χ0n) is 18.3. The molecule has 1 atom stereocenters. The van der Waals surface area contributed by atoms with Gasteiger partial charge in [0.05, 0.1) is 0 Å². The van der Waals surface area contributed by atoms with Crippen LogP contribution >= 0.6 is 0 Å². The second kappa shape index (κ2) is 8.76. The molecule has 0 radical (unpaired) electrons. The standard InChI is InChI=1S/C25H34N2O2/c1-18-19(2)25-23(20(3)24(18)28-17-21-8-6-5-7-9-21)16-22(29-25)10-11-27-14-12-26(4)13-15-27/h5-9,22H,10-17H2,1-4H3. The molecule has 0 spiro atoms. The molecular formula is C25H34N2O2. The molecular weight excluding hydrogens is 360 g/mol. The topological polar surface area (TPSA) is 24.9 Å². The lowest BCUT2D eigenvalue weighted by molar-refractivity contribution is 0.130. The summed E-state index contributed by atoms with van der Waals surface area (Å²) in [6.45, 7) is 12.9. The van der Waals surface area contributed by atoms with E-state index in [1.807, 2.05) is 6.07 Å². The van der Waals surface area contributed by atoms with Crippen LogP contribution in [0.5, 0.6) is 11.5 Å². The zero-order valence-corrected chi connectivity index (χ0v) is 18.3. The number of rotatable bonds is 6. The number of likely N-dealkylation sites (N-methyl/N-ethyl adjacent to an activating group) is 1. The maximum absolute atomic E-state index is 6.44. The highest BCUT2D eigenvalue weighted by atomic mass is 16.5. The van der Waals surface area contributed by atoms with E-state index in [2.05, 4.69) is 61.9 Å². The van der Waals surface area contributed by atoms with Gasteiger partial charge in [0.1, 0.15) is 24.2 Å². The van der Waals surface area contributed by atoms with Gasteiger partial charge in [-0.15, -0.1) is 0 Å². The van der Waals surface area contributed by atoms with E-state index in [1.54, 1.807) is 0 Å². The predicted octanol–water partition coefficient (Wildman–Crippen LogP) is 4.13. The second-order valence-corrected chi connectivity index (χ2v) is 8.66. The molecule has 2 heterocycles. The highest BCUT2D eigenvalue weighted by molar-refractivity contribution is 5.59. The van der Waals surface area contributed by atoms with Gasteiger partial charge in [-0.3, -0.25) is 0 Å². The van der Waals surface area contributed by atoms with Crippen LogP contribution in [0.2, 0.25) is 0 Å². The smallest absolute Gasteiger partial charge is 0.126 e. The van der Waals surface area contributed by atoms with E-state index in [1.165, 1.54) is 54.0 Å². The highest BCUT2D eigenvalue weighted by Crippen LogP contribution is 2.43. The van der Waals surface area contributed by atoms with Crippen molar-refractivity contribution < 1.29 is 9.47 Å². The Morgan fingerprint density at radius 2 is 1.69 bits per heavy atom. The SMILES string of the molecule is Cc1c(C)c2c(c(C)c1OCc1ccccc1)CC(CCN1CCN(C)CC1)O2. The van der Waals surface area contributed by atoms with Crippen LogP contribution in [0.15, 0.2) is 30.3 Å². The van der Waals surface area contributed by atoms with Gasteiger partial charge in [-0.1, -0.05) is 30.3 Å². The van der Waals surface area contributed by atoms with Crippen LogP contribution in [0.25, 0.3) is 0 Å². The summed E-state index contributed by atoms with van der Waals surface area (Å²) >= 11 is 0. The number of fused-ring (bicyclic) bond motifs is 1. The Balaban J connectivity index is 1.43. The number of hydrogen-bond donors (Lipinski definition) is 0. The molecule has 2 aliphatic heterocycles. The van der Waals surface area contributed by atoms with E-state index in [9.17, 15) is 0 Å². The Hall–Kier alpha value is -2.04. The molecule has 0 aliphatic carbocycles. The molecule has 1 saturated heterocycles. The highest BCUT2D eigenvalue weighted by Gasteiger charge is 2.30. The lowest BCUT2D eigenvalue weighted by Gasteiger charge is -2.32. The largest absolute Gasteiger partial charge is 0.489 e. The first-order chi connectivity index (χ1) is 14.0. The number of hydrogen-bond acceptors (Lipinski definition) is 4. The molecule has 0 aromatic heterocycles. The van der Waals surface area contributed by atoms with Crippen molar-refractivity contribution in [3.05, 3.63) is 58.1 Å². The summed E-state index contributed by atoms with van der Waals surface area (Å²) in [5, 5.41) is 0. The monoisotopic (exact) mass is 394 g/mol. The van der Waals surface area contributed by atoms with Crippen LogP contribution in [0.4, 0.5) is 0 Å². The number of piperazine rings is 1. The van der Waals surface area contributed by atoms with Crippen molar-refractivity contribution in [1.29, 1.82) is 0 Å². The normalized spacial score (nSPS) is 19.8. The molecule has 0 bridgehead atoms. The molecule has 0 amide bonds. The fourth-order valence-electron chi connectivity index (χ4n) is 4.50. The number of ether oxygens (including phenoxy) is 2. The molecule has 4 heteroatoms. The molecule has 0 saturated carbocycles. The first kappa shape index (κ1) is 20.2. The maximum Gasteiger partial charge on any atom is 0.126 e. The van der Waals surface area contributed by atoms with Crippen molar-refractivity contribution >= 4 is 0 Å². The molecule has 0 N–H and O–H groups in total. The lowest BCUT2D eigenvalue weighted by Crippen LogP contribution is -2.45. The predicted molar refractivity (Wildman–Crippen MR) is 118 cm³/mol. The minimum atomic E-state index is 0.283. The van der Waals surface area contributed by atoms with E-state index in [0.717, 1.165) is 30.9 Å². The fraction of sp³-hybridized carbons (Fsp3) is 0.520. The maximum atomic E-state index is 6.44. The van der Waals surface area contributed by atoms with Gasteiger partial charge in [-0.05, 0) is 56.5 Å². The van der Waals surface area contributed by atoms with Crippen molar-refractivity contribution in [2.75, 3.05) is 39.8 Å². The fourth-order valence-corrected chi connectivity index (χ4v) is 4.50. The van der Waals surface area contributed by atoms with Crippen LogP contribution in [0.1, 0.15) is 34.2 Å². The Morgan fingerprint density at radius 3 is 2.41 bits per heavy atom. The van der Waals surface area contributed by atoms with Gasteiger partial charge in [0.25, 0.3) is 0 Å². The summed E-state index contributed by atoms with van der Waals surface area (Å²) in [5.74, 6) is 2.14. The van der Waals surface area contributed by atoms with Gasteiger partial charge in [0.2, 0.25) is 0 Å². The van der Waals surface area contributed by atoms with Crippen LogP contribution < -0.4 is 9.47 Å². The molecule has 4 nitrogen and oxygen atoms in total. The summed E-state index contributed by atoms with van der Waals surface area (Å²) < 4.78 is 12.7. The molecule has 2 aromatic rings. The third-order valence-corrected chi connectivity index (χ3v) is 6.62. The second-order valence-electron chi connectivity index (χ2n) is 8.66. The Bertz CT molecular complexity index is 842. The summed E-state index contributed by atoms with van der Waals surface area (Å²) in [5.41, 5.74) is 6.24. The molecule has 1 unspecified atom stereocenters. The van der Waals surface area contributed by atoms with E-state index < -0.39 is 0 Å². The summed E-state index contributed by atoms with van der Waals surface area (Å²) in [4.78, 5) is 4.98. The van der Waals surface area contributed by atoms with Gasteiger partial charge in [-0.25, -0.2) is 0 Å². The van der Waals surface area contributed by atoms with Crippen molar-refractivity contribution in [2.45, 2.75) is 46.3 Å². The zero-order chi connectivity index (χ0) is 20.4. The van der Waals surface area contributed by atoms with Crippen LogP contribution in [0.3, 0.4) is 0 Å². The average molecular weight is 395 g/mol. The summed E-state index contributed by atoms with van der Waals surface area (Å²) in [6, 6.07) is 10.4. The Kier molecular flexibility index (Phi) is 6.12. The van der Waals surface area contributed by atoms with Crippen LogP contribution in [-0.2, 0) is 13.0 Å². The molecule has 1 fully saturated rings. The first-order valence-corrected chi connectivity index (χ1v) is 10.9. The Morgan fingerprint density at radius 1 is 0.966 bits per heavy atom. The minimum Gasteiger partial charge on any atom is -0.489 e. The summed E-state index contributed by atoms with van der Waals surface area (Å²) in [7, 11) is 2.21. The summed E-state index contributed by atoms with van der Waals surface area (Å²) in [6.07, 6.45) is 2.37. The van der Waals surface area contributed by atoms with Gasteiger partial charge in [0.15, 0.2) is 0 Å². The average Bonchev–Trinajstić information content (AvgIpc) is 3.17. The van der Waals surface area contributed by atoms with E-state index in [0.29, 0.717) is 6.61 Å². The van der Waals surface area contributed by atoms with Gasteiger partial charge < -0.3 is 19.3 Å². The lowest BCUT2D eigenvalue weighted by atomic mass is 9.95. The van der Waals surface area contributed by atoms with Crippen LogP contribution in [-0.4, -0.2) is 55.7 Å². The van der Waals surface area contributed by atoms with E-state index in [-0.39, 0.29) is 6.10 Å². The third kappa shape index (κ3) is 4.44. The number of benzene rings is 2. The van der Waals surface area contributed by atoms with Gasteiger partial charge in [-0.2, -0.15) is 0 Å². The Labute approximate surface area is 175 Å². The third-order valence-electron chi connectivity index (χ3n) is 6.62. The van der Waals surface area contributed by atoms with Crippen molar-refractivity contribution in [3.63, 3.8) is 0 Å². The molecule has 2 aromatic carbocycles. The van der Waals surface area contributed by atoms with Crippen molar-refractivity contribution in [2.24, 2.45) is 0 Å². The molecule has 2 aliphatic rings. The first-order valence-electron chi connectivity index (χ1n) is 10.9. The van der Waals surface area contributed by atoms with Crippen molar-refractivity contribution in [3.8, 4) is 11.5 Å². The van der Waals surface area contributed by atoms with Gasteiger partial charge in [0, 0.05) is 44.7 Å². The van der Waals surface area contributed by atoms with Crippen molar-refractivity contribution in [1.82, 2.24) is 9.80 Å². The molecule has 156 valence electrons. The molecule has 29 heavy (non-hydrogen) atoms. The van der Waals surface area contributed by atoms with Crippen LogP contribution in [0, 0.1) is 20.8 Å². The molecule has 4 rings (SSSR count).